The summed E-state index contributed by atoms with van der Waals surface area (Å²) in [7, 11) is 0.177. The molecule has 0 aromatic heterocycles. The van der Waals surface area contributed by atoms with Crippen LogP contribution in [0.5, 0.6) is 0 Å². The van der Waals surface area contributed by atoms with E-state index >= 15 is 0 Å². The molecule has 0 rings (SSSR count). The molecule has 0 N–H and O–H groups in total. The van der Waals surface area contributed by atoms with Crippen LogP contribution in [0, 0.1) is 0 Å². The molecule has 4 nitrogen and oxygen atoms in total. The molecule has 0 aliphatic carbocycles. The van der Waals surface area contributed by atoms with Gasteiger partial charge in [-0.1, -0.05) is 45.1 Å². The second kappa shape index (κ2) is 11.2. The highest BCUT2D eigenvalue weighted by atomic mass is 31.2. The van der Waals surface area contributed by atoms with E-state index in [-0.39, 0.29) is 0 Å². The van der Waals surface area contributed by atoms with Crippen LogP contribution in [-0.2, 0) is 18.6 Å². The Bertz CT molecular complexity index is 313. The minimum Gasteiger partial charge on any atom is -0.466 e. The van der Waals surface area contributed by atoms with Crippen LogP contribution in [0.4, 0.5) is 0 Å². The molecule has 0 aliphatic heterocycles. The standard InChI is InChI=1S/C14H27O4P/c1-4-5-6-7-8-9-12-19(16,18-3)13-10-11-14(15)17-2/h10-11H,4-9,12-13H2,1-3H3/b11-10+. The molecule has 5 heteroatoms. The summed E-state index contributed by atoms with van der Waals surface area (Å²) in [5.74, 6) is -0.429. The number of hydrogen-bond donors (Lipinski definition) is 0. The van der Waals surface area contributed by atoms with Gasteiger partial charge in [0.05, 0.1) is 7.11 Å². The molecule has 112 valence electrons. The molecule has 19 heavy (non-hydrogen) atoms. The summed E-state index contributed by atoms with van der Waals surface area (Å²) in [6, 6.07) is 0. The Morgan fingerprint density at radius 2 is 1.74 bits per heavy atom. The van der Waals surface area contributed by atoms with Gasteiger partial charge in [0.25, 0.3) is 0 Å². The molecule has 0 fully saturated rings. The van der Waals surface area contributed by atoms with E-state index in [1.54, 1.807) is 6.08 Å². The molecule has 0 aromatic rings. The predicted molar refractivity (Wildman–Crippen MR) is 78.9 cm³/mol. The first-order chi connectivity index (χ1) is 9.08. The lowest BCUT2D eigenvalue weighted by molar-refractivity contribution is -0.134. The van der Waals surface area contributed by atoms with Gasteiger partial charge in [-0.15, -0.1) is 0 Å². The van der Waals surface area contributed by atoms with Gasteiger partial charge in [-0.2, -0.15) is 0 Å². The second-order valence-electron chi connectivity index (χ2n) is 4.60. The van der Waals surface area contributed by atoms with Crippen LogP contribution in [0.3, 0.4) is 0 Å². The lowest BCUT2D eigenvalue weighted by atomic mass is 10.1. The summed E-state index contributed by atoms with van der Waals surface area (Å²) in [6.45, 7) is 2.19. The number of carbonyl (C=O) groups excluding carboxylic acids is 1. The molecular weight excluding hydrogens is 263 g/mol. The van der Waals surface area contributed by atoms with Crippen molar-refractivity contribution in [1.82, 2.24) is 0 Å². The van der Waals surface area contributed by atoms with Gasteiger partial charge in [0.2, 0.25) is 7.37 Å². The largest absolute Gasteiger partial charge is 0.466 e. The SMILES string of the molecule is CCCCCCCCP(=O)(C/C=C/C(=O)OC)OC. The monoisotopic (exact) mass is 290 g/mol. The van der Waals surface area contributed by atoms with Crippen molar-refractivity contribution in [3.05, 3.63) is 12.2 Å². The zero-order valence-electron chi connectivity index (χ0n) is 12.4. The number of unbranched alkanes of at least 4 members (excludes halogenated alkanes) is 5. The lowest BCUT2D eigenvalue weighted by Crippen LogP contribution is -1.98. The number of ether oxygens (including phenoxy) is 1. The van der Waals surface area contributed by atoms with Gasteiger partial charge >= 0.3 is 5.97 Å². The van der Waals surface area contributed by atoms with Crippen molar-refractivity contribution in [2.45, 2.75) is 45.4 Å². The Morgan fingerprint density at radius 3 is 2.32 bits per heavy atom. The number of rotatable bonds is 11. The minimum atomic E-state index is -2.62. The van der Waals surface area contributed by atoms with Crippen LogP contribution in [0.15, 0.2) is 12.2 Å². The van der Waals surface area contributed by atoms with E-state index in [4.69, 9.17) is 4.52 Å². The predicted octanol–water partition coefficient (Wildman–Crippen LogP) is 4.00. The summed E-state index contributed by atoms with van der Waals surface area (Å²) < 4.78 is 21.9. The van der Waals surface area contributed by atoms with Crippen molar-refractivity contribution in [2.75, 3.05) is 26.5 Å². The maximum atomic E-state index is 12.3. The smallest absolute Gasteiger partial charge is 0.330 e. The second-order valence-corrected chi connectivity index (χ2v) is 7.40. The fourth-order valence-electron chi connectivity index (χ4n) is 1.77. The van der Waals surface area contributed by atoms with Crippen LogP contribution in [0.2, 0.25) is 0 Å². The molecule has 1 atom stereocenters. The third kappa shape index (κ3) is 9.92. The molecule has 0 amide bonds. The molecule has 0 aliphatic rings. The molecule has 0 radical (unpaired) electrons. The third-order valence-corrected chi connectivity index (χ3v) is 5.45. The number of esters is 1. The Hall–Kier alpha value is -0.600. The summed E-state index contributed by atoms with van der Waals surface area (Å²) >= 11 is 0. The van der Waals surface area contributed by atoms with E-state index in [1.807, 2.05) is 0 Å². The van der Waals surface area contributed by atoms with Crippen molar-refractivity contribution < 1.29 is 18.6 Å². The van der Waals surface area contributed by atoms with E-state index in [0.29, 0.717) is 12.3 Å². The van der Waals surface area contributed by atoms with Gasteiger partial charge in [0.15, 0.2) is 0 Å². The first-order valence-corrected chi connectivity index (χ1v) is 8.95. The van der Waals surface area contributed by atoms with E-state index in [1.165, 1.54) is 46.0 Å². The Morgan fingerprint density at radius 1 is 1.11 bits per heavy atom. The van der Waals surface area contributed by atoms with Gasteiger partial charge in [0.1, 0.15) is 0 Å². The molecule has 0 saturated heterocycles. The highest BCUT2D eigenvalue weighted by Crippen LogP contribution is 2.46. The molecule has 0 heterocycles. The number of allylic oxidation sites excluding steroid dienone is 1. The van der Waals surface area contributed by atoms with Crippen LogP contribution in [0.1, 0.15) is 45.4 Å². The summed E-state index contributed by atoms with van der Waals surface area (Å²) in [5.41, 5.74) is 0. The number of carbonyl (C=O) groups is 1. The first-order valence-electron chi connectivity index (χ1n) is 6.96. The number of hydrogen-bond acceptors (Lipinski definition) is 4. The van der Waals surface area contributed by atoms with Crippen LogP contribution < -0.4 is 0 Å². The average molecular weight is 290 g/mol. The van der Waals surface area contributed by atoms with Crippen LogP contribution in [-0.4, -0.2) is 32.5 Å². The van der Waals surface area contributed by atoms with Crippen LogP contribution in [0.25, 0.3) is 0 Å². The van der Waals surface area contributed by atoms with Gasteiger partial charge in [-0.05, 0) is 6.42 Å². The van der Waals surface area contributed by atoms with Gasteiger partial charge < -0.3 is 9.26 Å². The average Bonchev–Trinajstić information content (AvgIpc) is 2.42. The van der Waals surface area contributed by atoms with Crippen molar-refractivity contribution >= 4 is 13.3 Å². The van der Waals surface area contributed by atoms with E-state index in [9.17, 15) is 9.36 Å². The third-order valence-electron chi connectivity index (χ3n) is 3.02. The molecule has 0 bridgehead atoms. The Balaban J connectivity index is 3.92. The molecule has 0 aromatic carbocycles. The van der Waals surface area contributed by atoms with Crippen molar-refractivity contribution in [3.8, 4) is 0 Å². The fourth-order valence-corrected chi connectivity index (χ4v) is 3.41. The van der Waals surface area contributed by atoms with E-state index in [0.717, 1.165) is 12.8 Å². The first kappa shape index (κ1) is 18.4. The molecule has 1 unspecified atom stereocenters. The molecule has 0 saturated carbocycles. The van der Waals surface area contributed by atoms with Gasteiger partial charge in [-0.25, -0.2) is 4.79 Å². The zero-order valence-corrected chi connectivity index (χ0v) is 13.3. The Labute approximate surface area is 117 Å². The van der Waals surface area contributed by atoms with E-state index in [2.05, 4.69) is 11.7 Å². The van der Waals surface area contributed by atoms with Crippen molar-refractivity contribution in [1.29, 1.82) is 0 Å². The summed E-state index contributed by atoms with van der Waals surface area (Å²) in [4.78, 5) is 10.9. The van der Waals surface area contributed by atoms with Crippen molar-refractivity contribution in [2.24, 2.45) is 0 Å². The van der Waals surface area contributed by atoms with Gasteiger partial charge in [0, 0.05) is 25.5 Å². The van der Waals surface area contributed by atoms with Crippen LogP contribution >= 0.6 is 7.37 Å². The summed E-state index contributed by atoms with van der Waals surface area (Å²) in [6.07, 6.45) is 10.7. The quantitative estimate of drug-likeness (QED) is 0.250. The highest BCUT2D eigenvalue weighted by Gasteiger charge is 2.18. The lowest BCUT2D eigenvalue weighted by Gasteiger charge is -2.14. The Kier molecular flexibility index (Phi) is 10.9. The maximum absolute atomic E-state index is 12.3. The summed E-state index contributed by atoms with van der Waals surface area (Å²) in [5, 5.41) is 0. The topological polar surface area (TPSA) is 52.6 Å². The van der Waals surface area contributed by atoms with Crippen molar-refractivity contribution in [3.63, 3.8) is 0 Å². The van der Waals surface area contributed by atoms with E-state index < -0.39 is 13.3 Å². The number of methoxy groups -OCH3 is 1. The normalized spacial score (nSPS) is 14.5. The fraction of sp³-hybridized carbons (Fsp3) is 0.786. The molecule has 0 spiro atoms. The zero-order chi connectivity index (χ0) is 14.6. The highest BCUT2D eigenvalue weighted by molar-refractivity contribution is 7.59. The van der Waals surface area contributed by atoms with Gasteiger partial charge in [-0.3, -0.25) is 4.57 Å². The maximum Gasteiger partial charge on any atom is 0.330 e. The molecular formula is C14H27O4P. The minimum absolute atomic E-state index is 0.299.